The van der Waals surface area contributed by atoms with Gasteiger partial charge < -0.3 is 10.1 Å². The predicted molar refractivity (Wildman–Crippen MR) is 79.5 cm³/mol. The fraction of sp³-hybridized carbons (Fsp3) is 0.294. The zero-order valence-corrected chi connectivity index (χ0v) is 12.0. The van der Waals surface area contributed by atoms with E-state index in [2.05, 4.69) is 5.32 Å². The second kappa shape index (κ2) is 7.74. The van der Waals surface area contributed by atoms with Gasteiger partial charge in [-0.15, -0.1) is 0 Å². The van der Waals surface area contributed by atoms with Gasteiger partial charge in [0.15, 0.2) is 0 Å². The van der Waals surface area contributed by atoms with Gasteiger partial charge in [-0.3, -0.25) is 0 Å². The van der Waals surface area contributed by atoms with Crippen molar-refractivity contribution in [2.75, 3.05) is 13.2 Å². The van der Waals surface area contributed by atoms with Crippen molar-refractivity contribution in [1.29, 1.82) is 0 Å². The number of hydrogen-bond acceptors (Lipinski definition) is 2. The van der Waals surface area contributed by atoms with Gasteiger partial charge in [0.2, 0.25) is 0 Å². The molecule has 1 unspecified atom stereocenters. The largest absolute Gasteiger partial charge is 0.492 e. The van der Waals surface area contributed by atoms with Crippen LogP contribution in [0, 0.1) is 11.6 Å². The number of para-hydroxylation sites is 1. The summed E-state index contributed by atoms with van der Waals surface area (Å²) in [4.78, 5) is 0. The number of likely N-dealkylation sites (N-methyl/N-ethyl adjacent to an activating group) is 1. The van der Waals surface area contributed by atoms with Crippen LogP contribution in [0.3, 0.4) is 0 Å². The summed E-state index contributed by atoms with van der Waals surface area (Å²) in [6.45, 7) is 3.16. The number of hydrogen-bond donors (Lipinski definition) is 1. The van der Waals surface area contributed by atoms with Gasteiger partial charge in [-0.1, -0.05) is 31.2 Å². The number of rotatable bonds is 7. The summed E-state index contributed by atoms with van der Waals surface area (Å²) in [5, 5.41) is 3.26. The first kappa shape index (κ1) is 15.4. The van der Waals surface area contributed by atoms with Gasteiger partial charge in [0.25, 0.3) is 0 Å². The summed E-state index contributed by atoms with van der Waals surface area (Å²) in [6, 6.07) is 13.1. The van der Waals surface area contributed by atoms with Crippen molar-refractivity contribution in [3.63, 3.8) is 0 Å². The van der Waals surface area contributed by atoms with E-state index in [4.69, 9.17) is 4.74 Å². The van der Waals surface area contributed by atoms with Crippen LogP contribution in [0.1, 0.15) is 12.5 Å². The third-order valence-electron chi connectivity index (χ3n) is 3.17. The van der Waals surface area contributed by atoms with E-state index in [1.54, 1.807) is 0 Å². The molecule has 0 heterocycles. The highest BCUT2D eigenvalue weighted by atomic mass is 19.1. The molecule has 2 aromatic rings. The number of halogens is 2. The van der Waals surface area contributed by atoms with Gasteiger partial charge in [-0.2, -0.15) is 0 Å². The average Bonchev–Trinajstić information content (AvgIpc) is 2.49. The molecule has 112 valence electrons. The summed E-state index contributed by atoms with van der Waals surface area (Å²) >= 11 is 0. The summed E-state index contributed by atoms with van der Waals surface area (Å²) in [5.41, 5.74) is 0.485. The van der Waals surface area contributed by atoms with E-state index in [0.717, 1.165) is 18.4 Å². The zero-order chi connectivity index (χ0) is 15.1. The number of ether oxygens (including phenoxy) is 1. The van der Waals surface area contributed by atoms with Crippen molar-refractivity contribution in [3.8, 4) is 5.75 Å². The Morgan fingerprint density at radius 1 is 1.10 bits per heavy atom. The Bertz CT molecular complexity index is 560. The van der Waals surface area contributed by atoms with Crippen LogP contribution in [-0.2, 0) is 6.42 Å². The molecule has 0 spiro atoms. The van der Waals surface area contributed by atoms with Crippen molar-refractivity contribution < 1.29 is 13.5 Å². The smallest absolute Gasteiger partial charge is 0.129 e. The maximum Gasteiger partial charge on any atom is 0.129 e. The fourth-order valence-corrected chi connectivity index (χ4v) is 2.14. The minimum Gasteiger partial charge on any atom is -0.492 e. The van der Waals surface area contributed by atoms with Crippen molar-refractivity contribution in [1.82, 2.24) is 5.32 Å². The first-order valence-corrected chi connectivity index (χ1v) is 7.04. The van der Waals surface area contributed by atoms with Crippen molar-refractivity contribution >= 4 is 0 Å². The van der Waals surface area contributed by atoms with Crippen molar-refractivity contribution in [3.05, 3.63) is 65.7 Å². The monoisotopic (exact) mass is 291 g/mol. The minimum absolute atomic E-state index is 0.0323. The average molecular weight is 291 g/mol. The standard InChI is InChI=1S/C17H19F2NO/c1-2-20-15(12-21-16-6-4-3-5-7-16)10-13-8-9-14(18)11-17(13)19/h3-9,11,15,20H,2,10,12H2,1H3. The van der Waals surface area contributed by atoms with E-state index in [0.29, 0.717) is 18.6 Å². The predicted octanol–water partition coefficient (Wildman–Crippen LogP) is 3.56. The van der Waals surface area contributed by atoms with Gasteiger partial charge >= 0.3 is 0 Å². The molecule has 0 aromatic heterocycles. The number of nitrogens with one attached hydrogen (secondary N) is 1. The molecule has 2 aromatic carbocycles. The van der Waals surface area contributed by atoms with Gasteiger partial charge in [0.05, 0.1) is 0 Å². The second-order valence-corrected chi connectivity index (χ2v) is 4.82. The van der Waals surface area contributed by atoms with Crippen LogP contribution in [0.4, 0.5) is 8.78 Å². The lowest BCUT2D eigenvalue weighted by atomic mass is 10.1. The highest BCUT2D eigenvalue weighted by Gasteiger charge is 2.13. The molecule has 0 radical (unpaired) electrons. The molecular formula is C17H19F2NO. The van der Waals surface area contributed by atoms with E-state index >= 15 is 0 Å². The normalized spacial score (nSPS) is 12.1. The Balaban J connectivity index is 1.98. The lowest BCUT2D eigenvalue weighted by Crippen LogP contribution is -2.36. The SMILES string of the molecule is CCNC(COc1ccccc1)Cc1ccc(F)cc1F. The highest BCUT2D eigenvalue weighted by molar-refractivity contribution is 5.22. The summed E-state index contributed by atoms with van der Waals surface area (Å²) in [6.07, 6.45) is 0.451. The molecule has 0 aliphatic carbocycles. The number of benzene rings is 2. The van der Waals surface area contributed by atoms with Crippen molar-refractivity contribution in [2.45, 2.75) is 19.4 Å². The molecule has 0 fully saturated rings. The molecule has 0 aliphatic heterocycles. The third kappa shape index (κ3) is 4.83. The molecule has 4 heteroatoms. The Morgan fingerprint density at radius 2 is 1.86 bits per heavy atom. The van der Waals surface area contributed by atoms with Gasteiger partial charge in [-0.25, -0.2) is 8.78 Å². The van der Waals surface area contributed by atoms with Crippen LogP contribution in [0.5, 0.6) is 5.75 Å². The lowest BCUT2D eigenvalue weighted by Gasteiger charge is -2.19. The molecule has 0 saturated heterocycles. The Labute approximate surface area is 123 Å². The van der Waals surface area contributed by atoms with Gasteiger partial charge in [0, 0.05) is 12.1 Å². The third-order valence-corrected chi connectivity index (χ3v) is 3.17. The van der Waals surface area contributed by atoms with Crippen LogP contribution >= 0.6 is 0 Å². The van der Waals surface area contributed by atoms with Gasteiger partial charge in [0.1, 0.15) is 24.0 Å². The van der Waals surface area contributed by atoms with Crippen molar-refractivity contribution in [2.24, 2.45) is 0 Å². The molecule has 2 nitrogen and oxygen atoms in total. The topological polar surface area (TPSA) is 21.3 Å². The van der Waals surface area contributed by atoms with Crippen LogP contribution in [-0.4, -0.2) is 19.2 Å². The Hall–Kier alpha value is -1.94. The first-order chi connectivity index (χ1) is 10.2. The van der Waals surface area contributed by atoms with Crippen LogP contribution in [0.25, 0.3) is 0 Å². The quantitative estimate of drug-likeness (QED) is 0.842. The lowest BCUT2D eigenvalue weighted by molar-refractivity contribution is 0.264. The van der Waals surface area contributed by atoms with E-state index in [-0.39, 0.29) is 6.04 Å². The van der Waals surface area contributed by atoms with Crippen LogP contribution in [0.2, 0.25) is 0 Å². The van der Waals surface area contributed by atoms with Gasteiger partial charge in [-0.05, 0) is 36.7 Å². The van der Waals surface area contributed by atoms with Crippen LogP contribution < -0.4 is 10.1 Å². The molecule has 1 atom stereocenters. The molecular weight excluding hydrogens is 272 g/mol. The molecule has 1 N–H and O–H groups in total. The Kier molecular flexibility index (Phi) is 5.69. The van der Waals surface area contributed by atoms with Crippen LogP contribution in [0.15, 0.2) is 48.5 Å². The van der Waals surface area contributed by atoms with E-state index < -0.39 is 11.6 Å². The summed E-state index contributed by atoms with van der Waals surface area (Å²) < 4.78 is 32.3. The molecule has 21 heavy (non-hydrogen) atoms. The molecule has 0 bridgehead atoms. The van der Waals surface area contributed by atoms with E-state index in [9.17, 15) is 8.78 Å². The molecule has 2 rings (SSSR count). The summed E-state index contributed by atoms with van der Waals surface area (Å²) in [7, 11) is 0. The highest BCUT2D eigenvalue weighted by Crippen LogP contribution is 2.13. The molecule has 0 aliphatic rings. The maximum absolute atomic E-state index is 13.7. The zero-order valence-electron chi connectivity index (χ0n) is 12.0. The Morgan fingerprint density at radius 3 is 2.52 bits per heavy atom. The first-order valence-electron chi connectivity index (χ1n) is 7.04. The minimum atomic E-state index is -0.559. The van der Waals surface area contributed by atoms with E-state index in [1.165, 1.54) is 12.1 Å². The fourth-order valence-electron chi connectivity index (χ4n) is 2.14. The molecule has 0 saturated carbocycles. The second-order valence-electron chi connectivity index (χ2n) is 4.82. The maximum atomic E-state index is 13.7. The van der Waals surface area contributed by atoms with E-state index in [1.807, 2.05) is 37.3 Å². The summed E-state index contributed by atoms with van der Waals surface area (Å²) in [5.74, 6) is -0.297. The molecule has 0 amide bonds.